The third-order valence-corrected chi connectivity index (χ3v) is 1.18. The number of rotatable bonds is 1. The molecule has 0 aliphatic carbocycles. The van der Waals surface area contributed by atoms with Crippen molar-refractivity contribution in [3.8, 4) is 11.8 Å². The van der Waals surface area contributed by atoms with Crippen LogP contribution in [0.15, 0.2) is 12.5 Å². The molecule has 0 spiro atoms. The van der Waals surface area contributed by atoms with E-state index >= 15 is 0 Å². The summed E-state index contributed by atoms with van der Waals surface area (Å²) < 4.78 is 0. The number of nitrogens with one attached hydrogen (secondary N) is 1. The Kier molecular flexibility index (Phi) is 2.91. The average molecular weight is 152 g/mol. The van der Waals surface area contributed by atoms with Crippen molar-refractivity contribution >= 4 is 12.6 Å². The highest BCUT2D eigenvalue weighted by molar-refractivity contribution is 7.80. The number of aromatic nitrogens is 2. The summed E-state index contributed by atoms with van der Waals surface area (Å²) in [6, 6.07) is 0. The molecular formula is C7H8N2S. The molecule has 0 aliphatic heterocycles. The molecule has 0 radical (unpaired) electrons. The van der Waals surface area contributed by atoms with E-state index in [0.29, 0.717) is 0 Å². The first-order valence-corrected chi connectivity index (χ1v) is 3.65. The van der Waals surface area contributed by atoms with Gasteiger partial charge in [-0.1, -0.05) is 5.92 Å². The first-order chi connectivity index (χ1) is 4.93. The minimum atomic E-state index is 0.807. The fraction of sp³-hybridized carbons (Fsp3) is 0.286. The number of thiol groups is 1. The lowest BCUT2D eigenvalue weighted by Crippen LogP contribution is -1.71. The number of hydrogen-bond donors (Lipinski definition) is 2. The fourth-order valence-corrected chi connectivity index (χ4v) is 0.650. The molecule has 0 amide bonds. The zero-order valence-electron chi connectivity index (χ0n) is 5.46. The molecule has 0 unspecified atom stereocenters. The molecule has 0 fully saturated rings. The van der Waals surface area contributed by atoms with E-state index in [2.05, 4.69) is 34.4 Å². The van der Waals surface area contributed by atoms with Crippen LogP contribution in [0.5, 0.6) is 0 Å². The maximum atomic E-state index is 4.02. The quantitative estimate of drug-likeness (QED) is 0.457. The third kappa shape index (κ3) is 2.16. The van der Waals surface area contributed by atoms with Crippen molar-refractivity contribution < 1.29 is 0 Å². The summed E-state index contributed by atoms with van der Waals surface area (Å²) in [6.07, 6.45) is 4.14. The van der Waals surface area contributed by atoms with E-state index in [1.54, 1.807) is 12.5 Å². The lowest BCUT2D eigenvalue weighted by atomic mass is 10.4. The summed E-state index contributed by atoms with van der Waals surface area (Å²) in [5.41, 5.74) is 0.863. The Bertz CT molecular complexity index is 230. The summed E-state index contributed by atoms with van der Waals surface area (Å²) in [6.45, 7) is 0. The molecule has 0 saturated heterocycles. The molecular weight excluding hydrogens is 144 g/mol. The Labute approximate surface area is 65.5 Å². The van der Waals surface area contributed by atoms with Crippen LogP contribution in [-0.2, 0) is 0 Å². The molecule has 0 bridgehead atoms. The first-order valence-electron chi connectivity index (χ1n) is 3.01. The number of hydrogen-bond acceptors (Lipinski definition) is 2. The lowest BCUT2D eigenvalue weighted by Gasteiger charge is -1.77. The van der Waals surface area contributed by atoms with Crippen molar-refractivity contribution in [3.63, 3.8) is 0 Å². The Morgan fingerprint density at radius 1 is 1.70 bits per heavy atom. The second-order valence-electron chi connectivity index (χ2n) is 1.74. The van der Waals surface area contributed by atoms with Gasteiger partial charge in [0.05, 0.1) is 12.5 Å². The van der Waals surface area contributed by atoms with Crippen LogP contribution >= 0.6 is 12.6 Å². The van der Waals surface area contributed by atoms with E-state index < -0.39 is 0 Å². The fourth-order valence-electron chi connectivity index (χ4n) is 0.538. The summed E-state index contributed by atoms with van der Waals surface area (Å²) in [5, 5.41) is 0. The molecule has 10 heavy (non-hydrogen) atoms. The molecule has 0 atom stereocenters. The Morgan fingerprint density at radius 2 is 2.60 bits per heavy atom. The summed E-state index contributed by atoms with van der Waals surface area (Å²) in [5.74, 6) is 6.66. The second-order valence-corrected chi connectivity index (χ2v) is 2.19. The van der Waals surface area contributed by atoms with E-state index in [-0.39, 0.29) is 0 Å². The number of nitrogens with zero attached hydrogens (tertiary/aromatic N) is 1. The predicted octanol–water partition coefficient (Wildman–Crippen LogP) is 1.08. The van der Waals surface area contributed by atoms with E-state index in [9.17, 15) is 0 Å². The summed E-state index contributed by atoms with van der Waals surface area (Å²) in [7, 11) is 0. The van der Waals surface area contributed by atoms with Gasteiger partial charge in [0.25, 0.3) is 0 Å². The molecule has 1 N–H and O–H groups in total. The van der Waals surface area contributed by atoms with Gasteiger partial charge in [0, 0.05) is 12.2 Å². The second kappa shape index (κ2) is 4.02. The molecule has 1 heterocycles. The zero-order chi connectivity index (χ0) is 7.23. The van der Waals surface area contributed by atoms with Gasteiger partial charge in [0.15, 0.2) is 0 Å². The van der Waals surface area contributed by atoms with Crippen LogP contribution in [0.2, 0.25) is 0 Å². The molecule has 0 aliphatic rings. The largest absolute Gasteiger partial charge is 0.338 e. The molecule has 2 nitrogen and oxygen atoms in total. The van der Waals surface area contributed by atoms with Gasteiger partial charge < -0.3 is 4.98 Å². The van der Waals surface area contributed by atoms with Crippen LogP contribution in [-0.4, -0.2) is 15.7 Å². The van der Waals surface area contributed by atoms with Gasteiger partial charge in [-0.05, 0) is 5.92 Å². The van der Waals surface area contributed by atoms with Gasteiger partial charge in [-0.3, -0.25) is 0 Å². The highest BCUT2D eigenvalue weighted by atomic mass is 32.1. The van der Waals surface area contributed by atoms with E-state index in [1.807, 2.05) is 0 Å². The lowest BCUT2D eigenvalue weighted by molar-refractivity contribution is 1.29. The van der Waals surface area contributed by atoms with Gasteiger partial charge in [0.1, 0.15) is 5.69 Å². The molecule has 0 aromatic carbocycles. The third-order valence-electron chi connectivity index (χ3n) is 0.958. The van der Waals surface area contributed by atoms with Crippen LogP contribution in [0.3, 0.4) is 0 Å². The highest BCUT2D eigenvalue weighted by Gasteiger charge is 1.81. The molecule has 1 rings (SSSR count). The van der Waals surface area contributed by atoms with Gasteiger partial charge in [-0.25, -0.2) is 4.98 Å². The molecule has 1 aromatic heterocycles. The maximum absolute atomic E-state index is 4.02. The molecule has 0 saturated carbocycles. The van der Waals surface area contributed by atoms with Crippen LogP contribution in [0.1, 0.15) is 12.1 Å². The Morgan fingerprint density at radius 3 is 3.20 bits per heavy atom. The van der Waals surface area contributed by atoms with Crippen molar-refractivity contribution in [1.29, 1.82) is 0 Å². The topological polar surface area (TPSA) is 28.7 Å². The van der Waals surface area contributed by atoms with Gasteiger partial charge in [0.2, 0.25) is 0 Å². The zero-order valence-corrected chi connectivity index (χ0v) is 6.36. The van der Waals surface area contributed by atoms with E-state index in [1.165, 1.54) is 0 Å². The summed E-state index contributed by atoms with van der Waals surface area (Å²) >= 11 is 4.02. The minimum absolute atomic E-state index is 0.807. The van der Waals surface area contributed by atoms with Gasteiger partial charge in [-0.15, -0.1) is 0 Å². The average Bonchev–Trinajstić information content (AvgIpc) is 2.41. The van der Waals surface area contributed by atoms with Crippen molar-refractivity contribution in [1.82, 2.24) is 9.97 Å². The molecule has 3 heteroatoms. The SMILES string of the molecule is SCCC#Cc1cnc[nH]1. The standard InChI is InChI=1S/C7H8N2S/c10-4-2-1-3-7-5-8-6-9-7/h5-6,10H,2,4H2,(H,8,9). The van der Waals surface area contributed by atoms with Crippen LogP contribution < -0.4 is 0 Å². The van der Waals surface area contributed by atoms with Crippen LogP contribution in [0, 0.1) is 11.8 Å². The van der Waals surface area contributed by atoms with E-state index in [0.717, 1.165) is 17.9 Å². The number of imidazole rings is 1. The maximum Gasteiger partial charge on any atom is 0.109 e. The number of H-pyrrole nitrogens is 1. The first kappa shape index (κ1) is 7.23. The van der Waals surface area contributed by atoms with Gasteiger partial charge in [-0.2, -0.15) is 12.6 Å². The van der Waals surface area contributed by atoms with Crippen LogP contribution in [0.4, 0.5) is 0 Å². The van der Waals surface area contributed by atoms with Crippen molar-refractivity contribution in [2.45, 2.75) is 6.42 Å². The van der Waals surface area contributed by atoms with Gasteiger partial charge >= 0.3 is 0 Å². The van der Waals surface area contributed by atoms with Crippen molar-refractivity contribution in [3.05, 3.63) is 18.2 Å². The normalized spacial score (nSPS) is 8.50. The van der Waals surface area contributed by atoms with Crippen LogP contribution in [0.25, 0.3) is 0 Å². The van der Waals surface area contributed by atoms with E-state index in [4.69, 9.17) is 0 Å². The molecule has 1 aromatic rings. The Balaban J connectivity index is 2.49. The number of aromatic amines is 1. The summed E-state index contributed by atoms with van der Waals surface area (Å²) in [4.78, 5) is 6.71. The monoisotopic (exact) mass is 152 g/mol. The predicted molar refractivity (Wildman–Crippen MR) is 43.9 cm³/mol. The minimum Gasteiger partial charge on any atom is -0.338 e. The highest BCUT2D eigenvalue weighted by Crippen LogP contribution is 1.86. The smallest absolute Gasteiger partial charge is 0.109 e. The Hall–Kier alpha value is -0.880. The molecule has 52 valence electrons. The van der Waals surface area contributed by atoms with Crippen molar-refractivity contribution in [2.75, 3.05) is 5.75 Å². The van der Waals surface area contributed by atoms with Crippen molar-refractivity contribution in [2.24, 2.45) is 0 Å².